The molecule has 0 aliphatic carbocycles. The fourth-order valence-corrected chi connectivity index (χ4v) is 2.18. The van der Waals surface area contributed by atoms with Gasteiger partial charge < -0.3 is 10.6 Å². The van der Waals surface area contributed by atoms with Gasteiger partial charge in [-0.15, -0.1) is 0 Å². The molecule has 6 nitrogen and oxygen atoms in total. The lowest BCUT2D eigenvalue weighted by atomic mass is 10.1. The van der Waals surface area contributed by atoms with Crippen molar-refractivity contribution in [3.8, 4) is 0 Å². The Morgan fingerprint density at radius 1 is 1.32 bits per heavy atom. The predicted octanol–water partition coefficient (Wildman–Crippen LogP) is 0.295. The third-order valence-corrected chi connectivity index (χ3v) is 3.02. The summed E-state index contributed by atoms with van der Waals surface area (Å²) in [5, 5.41) is 8.30. The molecule has 0 aromatic rings. The second kappa shape index (κ2) is 6.86. The van der Waals surface area contributed by atoms with Crippen LogP contribution in [0.3, 0.4) is 0 Å². The van der Waals surface area contributed by atoms with Crippen LogP contribution in [0.1, 0.15) is 33.6 Å². The van der Waals surface area contributed by atoms with Gasteiger partial charge in [0.05, 0.1) is 6.54 Å². The molecule has 6 heteroatoms. The maximum absolute atomic E-state index is 11.8. The Hall–Kier alpha value is -1.14. The van der Waals surface area contributed by atoms with Gasteiger partial charge in [0.25, 0.3) is 0 Å². The molecule has 0 spiro atoms. The Bertz CT molecular complexity index is 325. The summed E-state index contributed by atoms with van der Waals surface area (Å²) in [5.74, 6) is -0.251. The van der Waals surface area contributed by atoms with Gasteiger partial charge in [0.1, 0.15) is 0 Å². The summed E-state index contributed by atoms with van der Waals surface area (Å²) in [4.78, 5) is 25.4. The van der Waals surface area contributed by atoms with Gasteiger partial charge in [-0.3, -0.25) is 15.0 Å². The first-order valence-corrected chi connectivity index (χ1v) is 6.82. The van der Waals surface area contributed by atoms with E-state index in [0.29, 0.717) is 6.04 Å². The van der Waals surface area contributed by atoms with E-state index in [1.54, 1.807) is 0 Å². The van der Waals surface area contributed by atoms with Crippen LogP contribution in [0, 0.1) is 0 Å². The molecule has 0 aromatic carbocycles. The van der Waals surface area contributed by atoms with Crippen LogP contribution in [-0.4, -0.2) is 55.1 Å². The smallest absolute Gasteiger partial charge is 0.321 e. The predicted molar refractivity (Wildman–Crippen MR) is 74.9 cm³/mol. The maximum atomic E-state index is 11.8. The number of rotatable bonds is 3. The van der Waals surface area contributed by atoms with Gasteiger partial charge in [0, 0.05) is 18.1 Å². The van der Waals surface area contributed by atoms with Gasteiger partial charge >= 0.3 is 6.03 Å². The molecule has 0 saturated carbocycles. The molecule has 1 unspecified atom stereocenters. The minimum absolute atomic E-state index is 0.251. The number of imide groups is 1. The van der Waals surface area contributed by atoms with Crippen molar-refractivity contribution >= 4 is 11.9 Å². The monoisotopic (exact) mass is 270 g/mol. The topological polar surface area (TPSA) is 73.5 Å². The zero-order valence-electron chi connectivity index (χ0n) is 12.4. The molecule has 3 N–H and O–H groups in total. The van der Waals surface area contributed by atoms with Gasteiger partial charge in [-0.2, -0.15) is 0 Å². The van der Waals surface area contributed by atoms with Crippen molar-refractivity contribution in [2.45, 2.75) is 45.2 Å². The average molecular weight is 270 g/mol. The van der Waals surface area contributed by atoms with Crippen LogP contribution in [0.25, 0.3) is 0 Å². The molecule has 1 saturated heterocycles. The van der Waals surface area contributed by atoms with E-state index in [-0.39, 0.29) is 18.0 Å². The number of likely N-dealkylation sites (N-methyl/N-ethyl adjacent to an activating group) is 1. The van der Waals surface area contributed by atoms with Gasteiger partial charge in [0.15, 0.2) is 0 Å². The average Bonchev–Trinajstić information content (AvgIpc) is 2.26. The minimum Gasteiger partial charge on any atom is -0.333 e. The van der Waals surface area contributed by atoms with Crippen molar-refractivity contribution < 1.29 is 9.59 Å². The zero-order chi connectivity index (χ0) is 14.5. The lowest BCUT2D eigenvalue weighted by molar-refractivity contribution is -0.121. The summed E-state index contributed by atoms with van der Waals surface area (Å²) in [6, 6.07) is 0.00428. The van der Waals surface area contributed by atoms with Crippen LogP contribution < -0.4 is 16.0 Å². The molecule has 19 heavy (non-hydrogen) atoms. The second-order valence-electron chi connectivity index (χ2n) is 6.12. The Labute approximate surface area is 115 Å². The number of hydrogen-bond donors (Lipinski definition) is 3. The van der Waals surface area contributed by atoms with Crippen molar-refractivity contribution in [1.82, 2.24) is 20.9 Å². The van der Waals surface area contributed by atoms with Crippen molar-refractivity contribution in [1.29, 1.82) is 0 Å². The first-order chi connectivity index (χ1) is 8.80. The van der Waals surface area contributed by atoms with Crippen molar-refractivity contribution in [3.63, 3.8) is 0 Å². The van der Waals surface area contributed by atoms with Crippen LogP contribution >= 0.6 is 0 Å². The molecular formula is C13H26N4O2. The number of piperidine rings is 1. The Balaban J connectivity index is 2.32. The lowest BCUT2D eigenvalue weighted by Gasteiger charge is -2.31. The summed E-state index contributed by atoms with van der Waals surface area (Å²) in [6.07, 6.45) is 2.21. The number of nitrogens with one attached hydrogen (secondary N) is 3. The summed E-state index contributed by atoms with van der Waals surface area (Å²) in [6.45, 7) is 7.66. The van der Waals surface area contributed by atoms with E-state index >= 15 is 0 Å². The molecule has 0 bridgehead atoms. The van der Waals surface area contributed by atoms with E-state index in [4.69, 9.17) is 0 Å². The van der Waals surface area contributed by atoms with Gasteiger partial charge in [-0.1, -0.05) is 0 Å². The first-order valence-electron chi connectivity index (χ1n) is 6.82. The summed E-state index contributed by atoms with van der Waals surface area (Å²) < 4.78 is 0. The molecule has 110 valence electrons. The molecule has 0 aromatic heterocycles. The SMILES string of the molecule is CNC1CCCN(CC(=O)NC(=O)NC(C)(C)C)C1. The van der Waals surface area contributed by atoms with Crippen LogP contribution in [0.4, 0.5) is 4.79 Å². The highest BCUT2D eigenvalue weighted by molar-refractivity contribution is 5.95. The minimum atomic E-state index is -0.431. The quantitative estimate of drug-likeness (QED) is 0.689. The molecule has 0 radical (unpaired) electrons. The van der Waals surface area contributed by atoms with E-state index in [9.17, 15) is 9.59 Å². The van der Waals surface area contributed by atoms with E-state index in [1.807, 2.05) is 27.8 Å². The molecule has 1 atom stereocenters. The van der Waals surface area contributed by atoms with Crippen molar-refractivity contribution in [2.75, 3.05) is 26.7 Å². The molecule has 1 aliphatic rings. The summed E-state index contributed by atoms with van der Waals surface area (Å²) >= 11 is 0. The van der Waals surface area contributed by atoms with E-state index in [2.05, 4.69) is 20.9 Å². The molecule has 3 amide bonds. The zero-order valence-corrected chi connectivity index (χ0v) is 12.4. The molecule has 1 rings (SSSR count). The Kier molecular flexibility index (Phi) is 5.75. The van der Waals surface area contributed by atoms with E-state index in [1.165, 1.54) is 0 Å². The van der Waals surface area contributed by atoms with E-state index < -0.39 is 6.03 Å². The summed E-state index contributed by atoms with van der Waals surface area (Å²) in [5.41, 5.74) is -0.341. The summed E-state index contributed by atoms with van der Waals surface area (Å²) in [7, 11) is 1.94. The lowest BCUT2D eigenvalue weighted by Crippen LogP contribution is -2.52. The van der Waals surface area contributed by atoms with E-state index in [0.717, 1.165) is 25.9 Å². The standard InChI is InChI=1S/C13H26N4O2/c1-13(2,3)16-12(19)15-11(18)9-17-7-5-6-10(8-17)14-4/h10,14H,5-9H2,1-4H3,(H2,15,16,18,19). The highest BCUT2D eigenvalue weighted by atomic mass is 16.2. The van der Waals surface area contributed by atoms with Gasteiger partial charge in [0.2, 0.25) is 5.91 Å². The van der Waals surface area contributed by atoms with Crippen LogP contribution in [0.2, 0.25) is 0 Å². The largest absolute Gasteiger partial charge is 0.333 e. The fraction of sp³-hybridized carbons (Fsp3) is 0.846. The molecule has 1 fully saturated rings. The molecule has 1 aliphatic heterocycles. The second-order valence-corrected chi connectivity index (χ2v) is 6.12. The first kappa shape index (κ1) is 15.9. The van der Waals surface area contributed by atoms with Crippen LogP contribution in [-0.2, 0) is 4.79 Å². The van der Waals surface area contributed by atoms with Crippen molar-refractivity contribution in [3.05, 3.63) is 0 Å². The normalized spacial score (nSPS) is 20.9. The van der Waals surface area contributed by atoms with Gasteiger partial charge in [-0.25, -0.2) is 4.79 Å². The van der Waals surface area contributed by atoms with Crippen LogP contribution in [0.5, 0.6) is 0 Å². The van der Waals surface area contributed by atoms with Crippen LogP contribution in [0.15, 0.2) is 0 Å². The number of urea groups is 1. The number of likely N-dealkylation sites (tertiary alicyclic amines) is 1. The maximum Gasteiger partial charge on any atom is 0.321 e. The molecular weight excluding hydrogens is 244 g/mol. The number of amides is 3. The highest BCUT2D eigenvalue weighted by Crippen LogP contribution is 2.08. The third kappa shape index (κ3) is 6.54. The molecule has 1 heterocycles. The highest BCUT2D eigenvalue weighted by Gasteiger charge is 2.21. The van der Waals surface area contributed by atoms with Crippen molar-refractivity contribution in [2.24, 2.45) is 0 Å². The Morgan fingerprint density at radius 2 is 2.00 bits per heavy atom. The fourth-order valence-electron chi connectivity index (χ4n) is 2.18. The third-order valence-electron chi connectivity index (χ3n) is 3.02. The number of carbonyl (C=O) groups is 2. The number of nitrogens with zero attached hydrogens (tertiary/aromatic N) is 1. The number of carbonyl (C=O) groups excluding carboxylic acids is 2. The van der Waals surface area contributed by atoms with Gasteiger partial charge in [-0.05, 0) is 47.2 Å². The Morgan fingerprint density at radius 3 is 2.58 bits per heavy atom. The number of hydrogen-bond acceptors (Lipinski definition) is 4.